The third kappa shape index (κ3) is 4.72. The first-order chi connectivity index (χ1) is 10.2. The molecule has 0 radical (unpaired) electrons. The van der Waals surface area contributed by atoms with Crippen molar-refractivity contribution in [2.45, 2.75) is 32.3 Å². The van der Waals surface area contributed by atoms with E-state index in [0.717, 1.165) is 30.5 Å². The number of unbranched alkanes of at least 4 members (excludes halogenated alkanes) is 1. The monoisotopic (exact) mass is 309 g/mol. The van der Waals surface area contributed by atoms with Crippen LogP contribution in [0.15, 0.2) is 28.7 Å². The molecule has 0 spiro atoms. The molecule has 21 heavy (non-hydrogen) atoms. The summed E-state index contributed by atoms with van der Waals surface area (Å²) >= 11 is 5.54. The highest BCUT2D eigenvalue weighted by Gasteiger charge is 2.08. The molecule has 0 fully saturated rings. The molecule has 1 aromatic heterocycles. The van der Waals surface area contributed by atoms with Crippen LogP contribution < -0.4 is 5.32 Å². The van der Waals surface area contributed by atoms with Crippen molar-refractivity contribution in [3.63, 3.8) is 0 Å². The lowest BCUT2D eigenvalue weighted by Crippen LogP contribution is -2.20. The number of alkyl halides is 1. The standard InChI is InChI=1S/C15H20ClN3O2/c1-2-3-4-14-18-19-15(21-14)11-5-7-12(8-6-11)17-10-13(20)9-16/h5-8,13,17,20H,2-4,9-10H2,1H3. The van der Waals surface area contributed by atoms with Gasteiger partial charge in [0.05, 0.1) is 12.0 Å². The van der Waals surface area contributed by atoms with Gasteiger partial charge in [0.1, 0.15) is 0 Å². The Morgan fingerprint density at radius 2 is 2.05 bits per heavy atom. The Kier molecular flexibility index (Phi) is 6.02. The molecule has 0 aliphatic heterocycles. The van der Waals surface area contributed by atoms with Gasteiger partial charge in [0.15, 0.2) is 0 Å². The number of benzene rings is 1. The summed E-state index contributed by atoms with van der Waals surface area (Å²) in [6.07, 6.45) is 2.42. The zero-order valence-electron chi connectivity index (χ0n) is 12.1. The number of anilines is 1. The number of nitrogens with zero attached hydrogens (tertiary/aromatic N) is 2. The summed E-state index contributed by atoms with van der Waals surface area (Å²) in [7, 11) is 0. The van der Waals surface area contributed by atoms with Crippen LogP contribution in [0.5, 0.6) is 0 Å². The van der Waals surface area contributed by atoms with Crippen LogP contribution in [0.4, 0.5) is 5.69 Å². The summed E-state index contributed by atoms with van der Waals surface area (Å²) in [6.45, 7) is 2.55. The van der Waals surface area contributed by atoms with Gasteiger partial charge in [-0.2, -0.15) is 0 Å². The number of aryl methyl sites for hydroxylation is 1. The fourth-order valence-corrected chi connectivity index (χ4v) is 1.93. The highest BCUT2D eigenvalue weighted by molar-refractivity contribution is 6.18. The Balaban J connectivity index is 1.96. The summed E-state index contributed by atoms with van der Waals surface area (Å²) < 4.78 is 5.63. The summed E-state index contributed by atoms with van der Waals surface area (Å²) in [5.74, 6) is 1.43. The summed E-state index contributed by atoms with van der Waals surface area (Å²) in [5, 5.41) is 20.6. The maximum atomic E-state index is 9.40. The predicted octanol–water partition coefficient (Wildman–Crippen LogP) is 3.09. The molecule has 2 aromatic rings. The van der Waals surface area contributed by atoms with E-state index in [1.165, 1.54) is 0 Å². The van der Waals surface area contributed by atoms with Gasteiger partial charge in [-0.3, -0.25) is 0 Å². The summed E-state index contributed by atoms with van der Waals surface area (Å²) in [6, 6.07) is 7.64. The van der Waals surface area contributed by atoms with Crippen molar-refractivity contribution in [3.8, 4) is 11.5 Å². The molecule has 1 aromatic carbocycles. The lowest BCUT2D eigenvalue weighted by atomic mass is 10.2. The Hall–Kier alpha value is -1.59. The summed E-state index contributed by atoms with van der Waals surface area (Å²) in [4.78, 5) is 0. The van der Waals surface area contributed by atoms with Crippen LogP contribution in [-0.2, 0) is 6.42 Å². The second-order valence-corrected chi connectivity index (χ2v) is 5.18. The van der Waals surface area contributed by atoms with Crippen molar-refractivity contribution in [2.75, 3.05) is 17.7 Å². The SMILES string of the molecule is CCCCc1nnc(-c2ccc(NCC(O)CCl)cc2)o1. The molecule has 1 atom stereocenters. The van der Waals surface area contributed by atoms with Gasteiger partial charge in [-0.15, -0.1) is 21.8 Å². The van der Waals surface area contributed by atoms with Gasteiger partial charge < -0.3 is 14.8 Å². The number of rotatable bonds is 8. The molecule has 2 rings (SSSR count). The summed E-state index contributed by atoms with van der Waals surface area (Å²) in [5.41, 5.74) is 1.79. The van der Waals surface area contributed by atoms with Crippen molar-refractivity contribution >= 4 is 17.3 Å². The van der Waals surface area contributed by atoms with Gasteiger partial charge in [-0.25, -0.2) is 0 Å². The molecule has 0 aliphatic rings. The van der Waals surface area contributed by atoms with Crippen LogP contribution in [0.1, 0.15) is 25.7 Å². The first-order valence-electron chi connectivity index (χ1n) is 7.13. The minimum absolute atomic E-state index is 0.216. The third-order valence-corrected chi connectivity index (χ3v) is 3.42. The first kappa shape index (κ1) is 15.8. The predicted molar refractivity (Wildman–Crippen MR) is 83.6 cm³/mol. The average molecular weight is 310 g/mol. The van der Waals surface area contributed by atoms with E-state index in [1.807, 2.05) is 24.3 Å². The van der Waals surface area contributed by atoms with Gasteiger partial charge in [0.2, 0.25) is 11.8 Å². The van der Waals surface area contributed by atoms with Crippen molar-refractivity contribution < 1.29 is 9.52 Å². The fraction of sp³-hybridized carbons (Fsp3) is 0.467. The molecule has 114 valence electrons. The molecular formula is C15H20ClN3O2. The molecular weight excluding hydrogens is 290 g/mol. The van der Waals surface area contributed by atoms with E-state index in [-0.39, 0.29) is 5.88 Å². The van der Waals surface area contributed by atoms with Crippen LogP contribution >= 0.6 is 11.6 Å². The van der Waals surface area contributed by atoms with E-state index < -0.39 is 6.10 Å². The van der Waals surface area contributed by atoms with E-state index in [9.17, 15) is 5.11 Å². The molecule has 0 saturated heterocycles. The van der Waals surface area contributed by atoms with Crippen molar-refractivity contribution in [1.29, 1.82) is 0 Å². The fourth-order valence-electron chi connectivity index (χ4n) is 1.82. The maximum absolute atomic E-state index is 9.40. The zero-order chi connectivity index (χ0) is 15.1. The average Bonchev–Trinajstić information content (AvgIpc) is 3.00. The topological polar surface area (TPSA) is 71.2 Å². The van der Waals surface area contributed by atoms with E-state index in [0.29, 0.717) is 18.3 Å². The number of hydrogen-bond acceptors (Lipinski definition) is 5. The van der Waals surface area contributed by atoms with E-state index in [4.69, 9.17) is 16.0 Å². The minimum Gasteiger partial charge on any atom is -0.421 e. The van der Waals surface area contributed by atoms with Crippen LogP contribution in [0, 0.1) is 0 Å². The molecule has 1 unspecified atom stereocenters. The third-order valence-electron chi connectivity index (χ3n) is 3.06. The molecule has 0 saturated carbocycles. The Bertz CT molecular complexity index is 542. The van der Waals surface area contributed by atoms with Crippen LogP contribution in [0.2, 0.25) is 0 Å². The number of nitrogens with one attached hydrogen (secondary N) is 1. The van der Waals surface area contributed by atoms with Crippen molar-refractivity contribution in [3.05, 3.63) is 30.2 Å². The number of aromatic nitrogens is 2. The number of halogens is 1. The number of aliphatic hydroxyl groups is 1. The van der Waals surface area contributed by atoms with E-state index >= 15 is 0 Å². The number of hydrogen-bond donors (Lipinski definition) is 2. The molecule has 2 N–H and O–H groups in total. The van der Waals surface area contributed by atoms with Crippen molar-refractivity contribution in [2.24, 2.45) is 0 Å². The minimum atomic E-state index is -0.552. The molecule has 5 nitrogen and oxygen atoms in total. The molecule has 6 heteroatoms. The van der Waals surface area contributed by atoms with Crippen LogP contribution in [0.25, 0.3) is 11.5 Å². The van der Waals surface area contributed by atoms with Gasteiger partial charge in [0, 0.05) is 24.2 Å². The Labute approximate surface area is 129 Å². The number of aliphatic hydroxyl groups excluding tert-OH is 1. The Morgan fingerprint density at radius 3 is 2.71 bits per heavy atom. The van der Waals surface area contributed by atoms with Gasteiger partial charge in [0.25, 0.3) is 0 Å². The van der Waals surface area contributed by atoms with E-state index in [1.54, 1.807) is 0 Å². The van der Waals surface area contributed by atoms with Gasteiger partial charge in [-0.05, 0) is 30.7 Å². The van der Waals surface area contributed by atoms with Gasteiger partial charge >= 0.3 is 0 Å². The second-order valence-electron chi connectivity index (χ2n) is 4.87. The molecule has 0 amide bonds. The van der Waals surface area contributed by atoms with Crippen molar-refractivity contribution in [1.82, 2.24) is 10.2 Å². The van der Waals surface area contributed by atoms with Crippen LogP contribution in [0.3, 0.4) is 0 Å². The lowest BCUT2D eigenvalue weighted by Gasteiger charge is -2.09. The molecule has 1 heterocycles. The second kappa shape index (κ2) is 8.00. The Morgan fingerprint density at radius 1 is 1.29 bits per heavy atom. The van der Waals surface area contributed by atoms with E-state index in [2.05, 4.69) is 22.4 Å². The first-order valence-corrected chi connectivity index (χ1v) is 7.67. The highest BCUT2D eigenvalue weighted by Crippen LogP contribution is 2.20. The normalized spacial score (nSPS) is 12.3. The highest BCUT2D eigenvalue weighted by atomic mass is 35.5. The van der Waals surface area contributed by atoms with Crippen LogP contribution in [-0.4, -0.2) is 33.8 Å². The largest absolute Gasteiger partial charge is 0.421 e. The lowest BCUT2D eigenvalue weighted by molar-refractivity contribution is 0.211. The molecule has 0 aliphatic carbocycles. The quantitative estimate of drug-likeness (QED) is 0.733. The van der Waals surface area contributed by atoms with Gasteiger partial charge in [-0.1, -0.05) is 13.3 Å². The zero-order valence-corrected chi connectivity index (χ0v) is 12.8. The smallest absolute Gasteiger partial charge is 0.247 e. The maximum Gasteiger partial charge on any atom is 0.247 e. The molecule has 0 bridgehead atoms.